The second-order valence-corrected chi connectivity index (χ2v) is 5.79. The highest BCUT2D eigenvalue weighted by atomic mass is 16.4. The fraction of sp³-hybridized carbons (Fsp3) is 0.467. The molecule has 1 aliphatic rings. The van der Waals surface area contributed by atoms with Crippen LogP contribution in [0.5, 0.6) is 0 Å². The smallest absolute Gasteiger partial charge is 0.308 e. The molecule has 0 aromatic carbocycles. The largest absolute Gasteiger partial charge is 0.481 e. The summed E-state index contributed by atoms with van der Waals surface area (Å²) < 4.78 is 0. The predicted octanol–water partition coefficient (Wildman–Crippen LogP) is 1.51. The molecule has 1 unspecified atom stereocenters. The molecule has 0 spiro atoms. The number of carbonyl (C=O) groups is 2. The SMILES string of the molecule is Cc1cc(C(=O)N2CCCC(C(=O)O)C2)c2c(C)[nH]nc2n1. The minimum Gasteiger partial charge on any atom is -0.481 e. The lowest BCUT2D eigenvalue weighted by molar-refractivity contribution is -0.143. The standard InChI is InChI=1S/C15H18N4O3/c1-8-6-11(12-9(2)17-18-13(12)16-8)14(20)19-5-3-4-10(7-19)15(21)22/h6,10H,3-5,7H2,1-2H3,(H,21,22)(H,16,17,18). The van der Waals surface area contributed by atoms with Crippen molar-refractivity contribution in [2.45, 2.75) is 26.7 Å². The molecule has 1 aliphatic heterocycles. The zero-order chi connectivity index (χ0) is 15.9. The number of carboxylic acids is 1. The molecule has 0 bridgehead atoms. The van der Waals surface area contributed by atoms with Crippen molar-refractivity contribution in [2.75, 3.05) is 13.1 Å². The molecule has 0 saturated carbocycles. The number of pyridine rings is 1. The van der Waals surface area contributed by atoms with Crippen LogP contribution < -0.4 is 0 Å². The Morgan fingerprint density at radius 3 is 2.91 bits per heavy atom. The molecule has 3 heterocycles. The molecule has 3 rings (SSSR count). The molecule has 0 aliphatic carbocycles. The third kappa shape index (κ3) is 2.43. The highest BCUT2D eigenvalue weighted by molar-refractivity contribution is 6.06. The summed E-state index contributed by atoms with van der Waals surface area (Å²) >= 11 is 0. The van der Waals surface area contributed by atoms with Crippen LogP contribution in [0.1, 0.15) is 34.6 Å². The highest BCUT2D eigenvalue weighted by Crippen LogP contribution is 2.24. The number of hydrogen-bond acceptors (Lipinski definition) is 4. The minimum atomic E-state index is -0.840. The van der Waals surface area contributed by atoms with Gasteiger partial charge in [-0.15, -0.1) is 0 Å². The van der Waals surface area contributed by atoms with Crippen molar-refractivity contribution >= 4 is 22.9 Å². The van der Waals surface area contributed by atoms with E-state index < -0.39 is 11.9 Å². The number of aryl methyl sites for hydroxylation is 2. The van der Waals surface area contributed by atoms with E-state index >= 15 is 0 Å². The normalized spacial score (nSPS) is 18.6. The van der Waals surface area contributed by atoms with Crippen molar-refractivity contribution < 1.29 is 14.7 Å². The molecule has 0 radical (unpaired) electrons. The number of nitrogens with one attached hydrogen (secondary N) is 1. The Labute approximate surface area is 127 Å². The number of nitrogens with zero attached hydrogens (tertiary/aromatic N) is 3. The molecule has 116 valence electrons. The summed E-state index contributed by atoms with van der Waals surface area (Å²) in [7, 11) is 0. The lowest BCUT2D eigenvalue weighted by Crippen LogP contribution is -2.42. The van der Waals surface area contributed by atoms with Crippen LogP contribution in [0.4, 0.5) is 0 Å². The Kier molecular flexibility index (Phi) is 3.56. The van der Waals surface area contributed by atoms with Crippen molar-refractivity contribution in [3.63, 3.8) is 0 Å². The molecule has 1 fully saturated rings. The number of fused-ring (bicyclic) bond motifs is 1. The molecular formula is C15H18N4O3. The number of carbonyl (C=O) groups excluding carboxylic acids is 1. The van der Waals surface area contributed by atoms with Gasteiger partial charge in [0, 0.05) is 24.5 Å². The zero-order valence-electron chi connectivity index (χ0n) is 12.6. The summed E-state index contributed by atoms with van der Waals surface area (Å²) in [5, 5.41) is 16.8. The number of H-pyrrole nitrogens is 1. The van der Waals surface area contributed by atoms with Gasteiger partial charge in [0.15, 0.2) is 5.65 Å². The van der Waals surface area contributed by atoms with Gasteiger partial charge in [0.1, 0.15) is 0 Å². The Morgan fingerprint density at radius 1 is 1.41 bits per heavy atom. The van der Waals surface area contributed by atoms with Crippen LogP contribution in [0.2, 0.25) is 0 Å². The number of aromatic nitrogens is 3. The second kappa shape index (κ2) is 5.40. The van der Waals surface area contributed by atoms with E-state index in [1.165, 1.54) is 0 Å². The molecule has 1 atom stereocenters. The molecule has 7 nitrogen and oxygen atoms in total. The number of carboxylic acid groups (broad SMARTS) is 1. The van der Waals surface area contributed by atoms with Gasteiger partial charge in [-0.1, -0.05) is 0 Å². The zero-order valence-corrected chi connectivity index (χ0v) is 12.6. The van der Waals surface area contributed by atoms with Crippen molar-refractivity contribution in [3.8, 4) is 0 Å². The third-order valence-corrected chi connectivity index (χ3v) is 4.12. The number of aromatic amines is 1. The molecular weight excluding hydrogens is 284 g/mol. The van der Waals surface area contributed by atoms with Crippen LogP contribution in [0, 0.1) is 19.8 Å². The van der Waals surface area contributed by atoms with E-state index in [2.05, 4.69) is 15.2 Å². The fourth-order valence-corrected chi connectivity index (χ4v) is 3.00. The molecule has 2 N–H and O–H groups in total. The first-order chi connectivity index (χ1) is 10.5. The fourth-order valence-electron chi connectivity index (χ4n) is 3.00. The number of amides is 1. The van der Waals surface area contributed by atoms with E-state index in [-0.39, 0.29) is 12.5 Å². The molecule has 1 saturated heterocycles. The molecule has 22 heavy (non-hydrogen) atoms. The summed E-state index contributed by atoms with van der Waals surface area (Å²) in [5.41, 5.74) is 2.57. The maximum atomic E-state index is 12.8. The van der Waals surface area contributed by atoms with Gasteiger partial charge in [-0.05, 0) is 32.8 Å². The Balaban J connectivity index is 1.98. The first kappa shape index (κ1) is 14.5. The third-order valence-electron chi connectivity index (χ3n) is 4.12. The number of hydrogen-bond donors (Lipinski definition) is 2. The number of rotatable bonds is 2. The lowest BCUT2D eigenvalue weighted by Gasteiger charge is -2.31. The van der Waals surface area contributed by atoms with Gasteiger partial charge in [0.25, 0.3) is 5.91 Å². The van der Waals surface area contributed by atoms with Gasteiger partial charge in [-0.25, -0.2) is 4.98 Å². The van der Waals surface area contributed by atoms with Crippen LogP contribution in [0.15, 0.2) is 6.07 Å². The van der Waals surface area contributed by atoms with Crippen molar-refractivity contribution in [1.29, 1.82) is 0 Å². The van der Waals surface area contributed by atoms with Gasteiger partial charge >= 0.3 is 5.97 Å². The minimum absolute atomic E-state index is 0.147. The Morgan fingerprint density at radius 2 is 2.18 bits per heavy atom. The van der Waals surface area contributed by atoms with E-state index in [0.717, 1.165) is 5.69 Å². The average Bonchev–Trinajstić information content (AvgIpc) is 2.87. The molecule has 2 aromatic heterocycles. The maximum Gasteiger partial charge on any atom is 0.308 e. The number of aliphatic carboxylic acids is 1. The summed E-state index contributed by atoms with van der Waals surface area (Å²) in [4.78, 5) is 30.0. The van der Waals surface area contributed by atoms with Gasteiger partial charge in [0.05, 0.1) is 16.9 Å². The molecule has 7 heteroatoms. The predicted molar refractivity (Wildman–Crippen MR) is 79.6 cm³/mol. The van der Waals surface area contributed by atoms with Crippen LogP contribution in [0.3, 0.4) is 0 Å². The van der Waals surface area contributed by atoms with E-state index in [4.69, 9.17) is 0 Å². The van der Waals surface area contributed by atoms with Crippen molar-refractivity contribution in [2.24, 2.45) is 5.92 Å². The summed E-state index contributed by atoms with van der Waals surface area (Å²) in [6, 6.07) is 1.75. The number of piperidine rings is 1. The van der Waals surface area contributed by atoms with Crippen LogP contribution in [-0.2, 0) is 4.79 Å². The lowest BCUT2D eigenvalue weighted by atomic mass is 9.97. The average molecular weight is 302 g/mol. The number of likely N-dealkylation sites (tertiary alicyclic amines) is 1. The van der Waals surface area contributed by atoms with Crippen LogP contribution >= 0.6 is 0 Å². The van der Waals surface area contributed by atoms with E-state index in [1.807, 2.05) is 13.8 Å². The van der Waals surface area contributed by atoms with Crippen molar-refractivity contribution in [1.82, 2.24) is 20.1 Å². The summed E-state index contributed by atoms with van der Waals surface area (Å²) in [6.45, 7) is 4.51. The first-order valence-electron chi connectivity index (χ1n) is 7.31. The maximum absolute atomic E-state index is 12.8. The Hall–Kier alpha value is -2.44. The van der Waals surface area contributed by atoms with E-state index in [0.29, 0.717) is 41.7 Å². The van der Waals surface area contributed by atoms with E-state index in [9.17, 15) is 14.7 Å². The summed E-state index contributed by atoms with van der Waals surface area (Å²) in [5.74, 6) is -1.47. The van der Waals surface area contributed by atoms with Gasteiger partial charge in [0.2, 0.25) is 0 Å². The first-order valence-corrected chi connectivity index (χ1v) is 7.31. The molecule has 1 amide bonds. The quantitative estimate of drug-likeness (QED) is 0.876. The monoisotopic (exact) mass is 302 g/mol. The summed E-state index contributed by atoms with van der Waals surface area (Å²) in [6.07, 6.45) is 1.33. The van der Waals surface area contributed by atoms with Gasteiger partial charge < -0.3 is 10.0 Å². The van der Waals surface area contributed by atoms with E-state index in [1.54, 1.807) is 11.0 Å². The van der Waals surface area contributed by atoms with Gasteiger partial charge in [-0.3, -0.25) is 14.7 Å². The topological polar surface area (TPSA) is 99.2 Å². The van der Waals surface area contributed by atoms with Crippen molar-refractivity contribution in [3.05, 3.63) is 23.0 Å². The Bertz CT molecular complexity index is 753. The van der Waals surface area contributed by atoms with Gasteiger partial charge in [-0.2, -0.15) is 5.10 Å². The second-order valence-electron chi connectivity index (χ2n) is 5.79. The highest BCUT2D eigenvalue weighted by Gasteiger charge is 2.30. The van der Waals surface area contributed by atoms with Crippen LogP contribution in [0.25, 0.3) is 11.0 Å². The molecule has 2 aromatic rings. The van der Waals surface area contributed by atoms with Crippen LogP contribution in [-0.4, -0.2) is 50.2 Å².